The number of carbonyl (C=O) groups excluding carboxylic acids is 2. The summed E-state index contributed by atoms with van der Waals surface area (Å²) in [5.41, 5.74) is 5.72. The number of nitrogens with two attached hydrogens (primary N) is 1. The lowest BCUT2D eigenvalue weighted by molar-refractivity contribution is -0.131. The van der Waals surface area contributed by atoms with E-state index in [2.05, 4.69) is 0 Å². The van der Waals surface area contributed by atoms with Crippen molar-refractivity contribution in [3.8, 4) is 0 Å². The maximum Gasteiger partial charge on any atom is 0.254 e. The number of hydrogen-bond acceptors (Lipinski definition) is 7. The Morgan fingerprint density at radius 2 is 1.70 bits per heavy atom. The largest absolute Gasteiger partial charge is 0.388 e. The molecule has 0 aliphatic carbocycles. The number of amides is 2. The number of β-amino-alcohol motifs (C(OH)–C–C–N with tert-alkyl or cyclic N) is 1. The van der Waals surface area contributed by atoms with Gasteiger partial charge < -0.3 is 35.6 Å². The summed E-state index contributed by atoms with van der Waals surface area (Å²) in [6.07, 6.45) is -2.12. The van der Waals surface area contributed by atoms with Crippen LogP contribution in [-0.4, -0.2) is 101 Å². The van der Waals surface area contributed by atoms with Crippen LogP contribution in [-0.2, 0) is 9.53 Å². The second kappa shape index (κ2) is 15.2. The topological polar surface area (TPSA) is 137 Å². The van der Waals surface area contributed by atoms with Crippen molar-refractivity contribution in [2.24, 2.45) is 5.73 Å². The fourth-order valence-electron chi connectivity index (χ4n) is 3.46. The van der Waals surface area contributed by atoms with Crippen LogP contribution in [0, 0.1) is 5.82 Å². The number of ether oxygens (including phenoxy) is 1. The Kier molecular flexibility index (Phi) is 13.4. The van der Waals surface area contributed by atoms with Crippen LogP contribution in [0.3, 0.4) is 0 Å². The molecule has 0 aromatic heterocycles. The van der Waals surface area contributed by atoms with Gasteiger partial charge in [0, 0.05) is 44.8 Å². The zero-order valence-electron chi connectivity index (χ0n) is 18.6. The Balaban J connectivity index is 0.00000544. The first-order valence-electron chi connectivity index (χ1n) is 11.0. The molecule has 9 nitrogen and oxygen atoms in total. The van der Waals surface area contributed by atoms with Gasteiger partial charge in [0.05, 0.1) is 6.61 Å². The van der Waals surface area contributed by atoms with Gasteiger partial charge in [0.15, 0.2) is 0 Å². The number of aliphatic hydroxyl groups is 3. The molecule has 1 aromatic carbocycles. The Labute approximate surface area is 199 Å². The van der Waals surface area contributed by atoms with E-state index in [4.69, 9.17) is 10.5 Å². The average molecular weight is 492 g/mol. The highest BCUT2D eigenvalue weighted by Gasteiger charge is 2.29. The highest BCUT2D eigenvalue weighted by molar-refractivity contribution is 5.94. The molecule has 1 saturated heterocycles. The van der Waals surface area contributed by atoms with Gasteiger partial charge in [-0.3, -0.25) is 9.59 Å². The average Bonchev–Trinajstić information content (AvgIpc) is 2.79. The predicted molar refractivity (Wildman–Crippen MR) is 122 cm³/mol. The van der Waals surface area contributed by atoms with Crippen molar-refractivity contribution in [1.29, 1.82) is 0 Å². The molecule has 1 aliphatic rings. The van der Waals surface area contributed by atoms with Crippen molar-refractivity contribution in [1.82, 2.24) is 9.80 Å². The third kappa shape index (κ3) is 9.52. The lowest BCUT2D eigenvalue weighted by Crippen LogP contribution is -2.50. The highest BCUT2D eigenvalue weighted by atomic mass is 35.5. The summed E-state index contributed by atoms with van der Waals surface area (Å²) in [7, 11) is 0. The summed E-state index contributed by atoms with van der Waals surface area (Å²) in [6, 6.07) is 4.98. The summed E-state index contributed by atoms with van der Waals surface area (Å²) in [4.78, 5) is 28.6. The van der Waals surface area contributed by atoms with E-state index in [0.29, 0.717) is 45.4 Å². The van der Waals surface area contributed by atoms with Crippen molar-refractivity contribution < 1.29 is 34.0 Å². The number of nitrogens with zero attached hydrogens (tertiary/aromatic N) is 2. The lowest BCUT2D eigenvalue weighted by atomic mass is 10.1. The summed E-state index contributed by atoms with van der Waals surface area (Å²) in [5, 5.41) is 30.8. The molecule has 2 rings (SSSR count). The van der Waals surface area contributed by atoms with E-state index in [9.17, 15) is 29.3 Å². The number of rotatable bonds is 4. The summed E-state index contributed by atoms with van der Waals surface area (Å²) in [5.74, 6) is -1.05. The first kappa shape index (κ1) is 29.2. The normalized spacial score (nSPS) is 23.4. The Hall–Kier alpha value is -1.82. The van der Waals surface area contributed by atoms with Crippen molar-refractivity contribution in [2.45, 2.75) is 44.0 Å². The molecule has 33 heavy (non-hydrogen) atoms. The van der Waals surface area contributed by atoms with Crippen LogP contribution in [0.15, 0.2) is 24.3 Å². The minimum atomic E-state index is -1.52. The van der Waals surface area contributed by atoms with E-state index < -0.39 is 30.0 Å². The first-order chi connectivity index (χ1) is 15.3. The van der Waals surface area contributed by atoms with Crippen molar-refractivity contribution >= 4 is 24.2 Å². The molecule has 1 fully saturated rings. The lowest BCUT2D eigenvalue weighted by Gasteiger charge is -2.32. The maximum absolute atomic E-state index is 13.3. The molecule has 2 amide bonds. The molecule has 0 unspecified atom stereocenters. The first-order valence-corrected chi connectivity index (χ1v) is 11.0. The Bertz CT molecular complexity index is 727. The number of benzene rings is 1. The van der Waals surface area contributed by atoms with E-state index in [1.807, 2.05) is 0 Å². The van der Waals surface area contributed by atoms with Gasteiger partial charge in [0.2, 0.25) is 5.91 Å². The standard InChI is InChI=1S/C22H34FN3O6.ClH/c23-17-7-5-16(6-8-17)22(31)26-12-11-25(20(29)4-3-9-24)10-1-2-13-32-15-19(28)21(30)18(27)14-26;/h5-8,18-19,21,27-28,30H,1-4,9-15,24H2;1H/t18-,19+,21+;/m0./s1. The van der Waals surface area contributed by atoms with Crippen LogP contribution in [0.5, 0.6) is 0 Å². The van der Waals surface area contributed by atoms with Crippen molar-refractivity contribution in [3.05, 3.63) is 35.6 Å². The fraction of sp³-hybridized carbons (Fsp3) is 0.636. The molecule has 1 heterocycles. The molecular formula is C22H35ClFN3O6. The number of halogens is 2. The monoisotopic (exact) mass is 491 g/mol. The quantitative estimate of drug-likeness (QED) is 0.470. The van der Waals surface area contributed by atoms with Crippen LogP contribution < -0.4 is 5.73 Å². The summed E-state index contributed by atoms with van der Waals surface area (Å²) in [6.45, 7) is 1.10. The smallest absolute Gasteiger partial charge is 0.254 e. The third-order valence-electron chi connectivity index (χ3n) is 5.42. The van der Waals surface area contributed by atoms with Crippen molar-refractivity contribution in [2.75, 3.05) is 45.9 Å². The van der Waals surface area contributed by atoms with Crippen molar-refractivity contribution in [3.63, 3.8) is 0 Å². The van der Waals surface area contributed by atoms with Gasteiger partial charge in [-0.05, 0) is 50.1 Å². The van der Waals surface area contributed by atoms with Gasteiger partial charge in [-0.15, -0.1) is 12.4 Å². The molecule has 1 aromatic rings. The van der Waals surface area contributed by atoms with Crippen LogP contribution in [0.4, 0.5) is 4.39 Å². The maximum atomic E-state index is 13.3. The van der Waals surface area contributed by atoms with Gasteiger partial charge in [0.1, 0.15) is 24.1 Å². The zero-order valence-corrected chi connectivity index (χ0v) is 19.5. The molecule has 5 N–H and O–H groups in total. The van der Waals surface area contributed by atoms with Gasteiger partial charge in [-0.2, -0.15) is 0 Å². The molecular weight excluding hydrogens is 457 g/mol. The molecule has 3 atom stereocenters. The van der Waals surface area contributed by atoms with E-state index >= 15 is 0 Å². The molecule has 188 valence electrons. The molecule has 0 saturated carbocycles. The van der Waals surface area contributed by atoms with E-state index in [1.54, 1.807) is 4.90 Å². The van der Waals surface area contributed by atoms with Gasteiger partial charge in [-0.1, -0.05) is 0 Å². The second-order valence-corrected chi connectivity index (χ2v) is 7.94. The minimum absolute atomic E-state index is 0. The number of aliphatic hydroxyl groups excluding tert-OH is 3. The van der Waals surface area contributed by atoms with Crippen LogP contribution in [0.25, 0.3) is 0 Å². The number of carbonyl (C=O) groups is 2. The van der Waals surface area contributed by atoms with Gasteiger partial charge in [0.25, 0.3) is 5.91 Å². The molecule has 11 heteroatoms. The molecule has 0 bridgehead atoms. The molecule has 0 radical (unpaired) electrons. The molecule has 1 aliphatic heterocycles. The zero-order chi connectivity index (χ0) is 23.5. The SMILES string of the molecule is Cl.NCCCC(=O)N1CCCCOC[C@@H](O)[C@H](O)[C@@H](O)CN(C(=O)c2ccc(F)cc2)CC1. The predicted octanol–water partition coefficient (Wildman–Crippen LogP) is 0.150. The third-order valence-corrected chi connectivity index (χ3v) is 5.42. The van der Waals surface area contributed by atoms with E-state index in [0.717, 1.165) is 12.1 Å². The Morgan fingerprint density at radius 3 is 2.36 bits per heavy atom. The van der Waals surface area contributed by atoms with Crippen LogP contribution in [0.2, 0.25) is 0 Å². The van der Waals surface area contributed by atoms with E-state index in [1.165, 1.54) is 17.0 Å². The number of hydrogen-bond donors (Lipinski definition) is 4. The summed E-state index contributed by atoms with van der Waals surface area (Å²) < 4.78 is 18.6. The Morgan fingerprint density at radius 1 is 1.03 bits per heavy atom. The second-order valence-electron chi connectivity index (χ2n) is 7.94. The van der Waals surface area contributed by atoms with Crippen LogP contribution >= 0.6 is 12.4 Å². The highest BCUT2D eigenvalue weighted by Crippen LogP contribution is 2.12. The van der Waals surface area contributed by atoms with E-state index in [-0.39, 0.29) is 50.1 Å². The molecule has 0 spiro atoms. The fourth-order valence-corrected chi connectivity index (χ4v) is 3.46. The van der Waals surface area contributed by atoms with Crippen LogP contribution in [0.1, 0.15) is 36.0 Å². The van der Waals surface area contributed by atoms with Gasteiger partial charge >= 0.3 is 0 Å². The summed E-state index contributed by atoms with van der Waals surface area (Å²) >= 11 is 0. The minimum Gasteiger partial charge on any atom is -0.388 e. The van der Waals surface area contributed by atoms with Gasteiger partial charge in [-0.25, -0.2) is 4.39 Å².